The molecule has 3 N–H and O–H groups in total. The van der Waals surface area contributed by atoms with Crippen molar-refractivity contribution in [1.82, 2.24) is 14.5 Å². The molecular weight excluding hydrogens is 476 g/mol. The van der Waals surface area contributed by atoms with Crippen molar-refractivity contribution in [2.24, 2.45) is 12.0 Å². The van der Waals surface area contributed by atoms with E-state index in [2.05, 4.69) is 46.8 Å². The average molecular weight is 490 g/mol. The van der Waals surface area contributed by atoms with E-state index in [0.717, 1.165) is 22.6 Å². The molecule has 0 bridgehead atoms. The van der Waals surface area contributed by atoms with Crippen molar-refractivity contribution < 1.29 is 10.2 Å². The molecule has 4 aromatic rings. The number of phenols is 2. The largest absolute Gasteiger partial charge is 0.506 e. The third-order valence-electron chi connectivity index (χ3n) is 4.20. The lowest BCUT2D eigenvalue weighted by Gasteiger charge is -2.06. The number of hydrogen-bond acceptors (Lipinski definition) is 4. The number of aliphatic imine (C=N–C) groups is 1. The maximum atomic E-state index is 10.2. The number of hydrogen-bond donors (Lipinski definition) is 3. The lowest BCUT2D eigenvalue weighted by atomic mass is 10.2. The van der Waals surface area contributed by atoms with Gasteiger partial charge in [-0.25, -0.2) is 4.98 Å². The summed E-state index contributed by atoms with van der Waals surface area (Å²) in [5.41, 5.74) is 3.91. The van der Waals surface area contributed by atoms with Gasteiger partial charge in [-0.2, -0.15) is 0 Å². The summed E-state index contributed by atoms with van der Waals surface area (Å²) in [5.74, 6) is 0.660. The zero-order chi connectivity index (χ0) is 19.1. The monoisotopic (exact) mass is 488 g/mol. The molecule has 2 heterocycles. The van der Waals surface area contributed by atoms with Gasteiger partial charge in [0.15, 0.2) is 5.82 Å². The van der Waals surface area contributed by atoms with Gasteiger partial charge in [-0.1, -0.05) is 0 Å². The number of halogens is 2. The highest BCUT2D eigenvalue weighted by Gasteiger charge is 2.13. The highest BCUT2D eigenvalue weighted by molar-refractivity contribution is 9.11. The highest BCUT2D eigenvalue weighted by atomic mass is 79.9. The van der Waals surface area contributed by atoms with Crippen LogP contribution in [0.4, 0.5) is 5.69 Å². The molecule has 0 saturated heterocycles. The molecule has 0 saturated carbocycles. The van der Waals surface area contributed by atoms with Crippen LogP contribution in [0.2, 0.25) is 0 Å². The van der Waals surface area contributed by atoms with Gasteiger partial charge < -0.3 is 19.8 Å². The Labute approximate surface area is 171 Å². The number of H-pyrrole nitrogens is 1. The average Bonchev–Trinajstić information content (AvgIpc) is 3.26. The van der Waals surface area contributed by atoms with Crippen LogP contribution in [0.15, 0.2) is 56.5 Å². The van der Waals surface area contributed by atoms with Crippen molar-refractivity contribution in [2.75, 3.05) is 0 Å². The molecule has 0 aliphatic heterocycles. The first-order valence-corrected chi connectivity index (χ1v) is 9.58. The fraction of sp³-hybridized carbons (Fsp3) is 0.0526. The predicted molar refractivity (Wildman–Crippen MR) is 113 cm³/mol. The fourth-order valence-electron chi connectivity index (χ4n) is 2.77. The second-order valence-electron chi connectivity index (χ2n) is 6.01. The van der Waals surface area contributed by atoms with Gasteiger partial charge in [0, 0.05) is 25.0 Å². The number of nitrogens with one attached hydrogen (secondary N) is 1. The van der Waals surface area contributed by atoms with E-state index in [-0.39, 0.29) is 16.0 Å². The van der Waals surface area contributed by atoms with E-state index in [4.69, 9.17) is 0 Å². The molecule has 2 aromatic heterocycles. The maximum Gasteiger partial charge on any atom is 0.155 e. The summed E-state index contributed by atoms with van der Waals surface area (Å²) in [6.07, 6.45) is 3.51. The van der Waals surface area contributed by atoms with Crippen molar-refractivity contribution in [3.05, 3.63) is 57.1 Å². The minimum Gasteiger partial charge on any atom is -0.506 e. The second kappa shape index (κ2) is 6.86. The molecule has 0 unspecified atom stereocenters. The standard InChI is InChI=1S/C19H14Br2N4O2/c1-25-6-2-3-15(25)19-23-13-5-4-11(8-14(13)24-19)22-9-10-7-12(20)18(27)16(21)17(10)26/h2-9,26-27H,1H3,(H,23,24). The number of aromatic nitrogens is 3. The highest BCUT2D eigenvalue weighted by Crippen LogP contribution is 2.40. The van der Waals surface area contributed by atoms with Gasteiger partial charge in [-0.3, -0.25) is 4.99 Å². The van der Waals surface area contributed by atoms with Crippen molar-refractivity contribution >= 4 is 54.8 Å². The van der Waals surface area contributed by atoms with Gasteiger partial charge in [0.1, 0.15) is 16.0 Å². The van der Waals surface area contributed by atoms with E-state index in [1.165, 1.54) is 0 Å². The molecule has 0 fully saturated rings. The minimum atomic E-state index is -0.0759. The van der Waals surface area contributed by atoms with Crippen molar-refractivity contribution in [3.63, 3.8) is 0 Å². The Bertz CT molecular complexity index is 1190. The van der Waals surface area contributed by atoms with Gasteiger partial charge in [-0.05, 0) is 68.3 Å². The normalized spacial score (nSPS) is 11.7. The summed E-state index contributed by atoms with van der Waals surface area (Å²) in [6, 6.07) is 11.2. The van der Waals surface area contributed by atoms with Crippen LogP contribution >= 0.6 is 31.9 Å². The van der Waals surface area contributed by atoms with Crippen LogP contribution in [-0.2, 0) is 7.05 Å². The first-order valence-electron chi connectivity index (χ1n) is 7.99. The lowest BCUT2D eigenvalue weighted by Crippen LogP contribution is -1.90. The van der Waals surface area contributed by atoms with E-state index in [1.807, 2.05) is 48.1 Å². The first-order chi connectivity index (χ1) is 12.9. The van der Waals surface area contributed by atoms with E-state index in [9.17, 15) is 10.2 Å². The number of phenolic OH excluding ortho intramolecular Hbond substituents is 2. The third kappa shape index (κ3) is 3.26. The van der Waals surface area contributed by atoms with Gasteiger partial charge in [0.25, 0.3) is 0 Å². The Morgan fingerprint density at radius 1 is 1.15 bits per heavy atom. The van der Waals surface area contributed by atoms with Crippen molar-refractivity contribution in [3.8, 4) is 23.0 Å². The molecule has 0 atom stereocenters. The number of aryl methyl sites for hydroxylation is 1. The number of benzene rings is 2. The van der Waals surface area contributed by atoms with E-state index >= 15 is 0 Å². The minimum absolute atomic E-state index is 0.0586. The Morgan fingerprint density at radius 2 is 1.96 bits per heavy atom. The van der Waals surface area contributed by atoms with E-state index in [1.54, 1.807) is 12.3 Å². The fourth-order valence-corrected chi connectivity index (χ4v) is 3.92. The van der Waals surface area contributed by atoms with Crippen LogP contribution in [0.1, 0.15) is 5.56 Å². The molecular formula is C19H14Br2N4O2. The smallest absolute Gasteiger partial charge is 0.155 e. The zero-order valence-electron chi connectivity index (χ0n) is 14.1. The SMILES string of the molecule is Cn1cccc1-c1nc2ccc(N=Cc3cc(Br)c(O)c(Br)c3O)cc2[nH]1. The summed E-state index contributed by atoms with van der Waals surface area (Å²) in [6.45, 7) is 0. The van der Waals surface area contributed by atoms with Crippen LogP contribution in [0.3, 0.4) is 0 Å². The molecule has 0 spiro atoms. The summed E-state index contributed by atoms with van der Waals surface area (Å²) in [5, 5.41) is 20.0. The summed E-state index contributed by atoms with van der Waals surface area (Å²) in [4.78, 5) is 12.4. The Morgan fingerprint density at radius 3 is 2.70 bits per heavy atom. The molecule has 2 aromatic carbocycles. The summed E-state index contributed by atoms with van der Waals surface area (Å²) in [7, 11) is 1.97. The van der Waals surface area contributed by atoms with Gasteiger partial charge in [0.2, 0.25) is 0 Å². The molecule has 0 radical (unpaired) electrons. The number of rotatable bonds is 3. The van der Waals surface area contributed by atoms with E-state index in [0.29, 0.717) is 15.7 Å². The number of nitrogens with zero attached hydrogens (tertiary/aromatic N) is 3. The number of fused-ring (bicyclic) bond motifs is 1. The molecule has 136 valence electrons. The quantitative estimate of drug-likeness (QED) is 0.343. The summed E-state index contributed by atoms with van der Waals surface area (Å²) >= 11 is 6.41. The number of imidazole rings is 1. The lowest BCUT2D eigenvalue weighted by molar-refractivity contribution is 0.442. The predicted octanol–water partition coefficient (Wildman–Crippen LogP) is 5.26. The van der Waals surface area contributed by atoms with Crippen LogP contribution < -0.4 is 0 Å². The topological polar surface area (TPSA) is 86.4 Å². The van der Waals surface area contributed by atoms with Crippen LogP contribution in [0, 0.1) is 0 Å². The second-order valence-corrected chi connectivity index (χ2v) is 7.66. The van der Waals surface area contributed by atoms with Gasteiger partial charge in [-0.15, -0.1) is 0 Å². The first kappa shape index (κ1) is 17.8. The van der Waals surface area contributed by atoms with Gasteiger partial charge in [0.05, 0.1) is 26.9 Å². The zero-order valence-corrected chi connectivity index (χ0v) is 17.3. The van der Waals surface area contributed by atoms with Gasteiger partial charge >= 0.3 is 0 Å². The van der Waals surface area contributed by atoms with Crippen LogP contribution in [0.25, 0.3) is 22.6 Å². The molecule has 0 aliphatic carbocycles. The Balaban J connectivity index is 1.69. The van der Waals surface area contributed by atoms with Crippen LogP contribution in [0.5, 0.6) is 11.5 Å². The third-order valence-corrected chi connectivity index (χ3v) is 5.56. The molecule has 4 rings (SSSR count). The van der Waals surface area contributed by atoms with Crippen LogP contribution in [-0.4, -0.2) is 31.0 Å². The molecule has 0 amide bonds. The van der Waals surface area contributed by atoms with E-state index < -0.39 is 0 Å². The number of aromatic amines is 1. The Hall–Kier alpha value is -2.58. The molecule has 8 heteroatoms. The Kier molecular flexibility index (Phi) is 4.53. The van der Waals surface area contributed by atoms with Crippen molar-refractivity contribution in [1.29, 1.82) is 0 Å². The maximum absolute atomic E-state index is 10.2. The number of aromatic hydroxyl groups is 2. The molecule has 0 aliphatic rings. The summed E-state index contributed by atoms with van der Waals surface area (Å²) < 4.78 is 2.68. The molecule has 27 heavy (non-hydrogen) atoms. The molecule has 6 nitrogen and oxygen atoms in total. The van der Waals surface area contributed by atoms with Crippen molar-refractivity contribution in [2.45, 2.75) is 0 Å².